The molecule has 6 N–H and O–H groups in total. The Hall–Kier alpha value is -6.97. The fourth-order valence-electron chi connectivity index (χ4n) is 8.64. The number of pyridine rings is 1. The van der Waals surface area contributed by atoms with Gasteiger partial charge in [-0.05, 0) is 92.7 Å². The average Bonchev–Trinajstić information content (AvgIpc) is 3.53. The Morgan fingerprint density at radius 3 is 2.30 bits per heavy atom. The van der Waals surface area contributed by atoms with Gasteiger partial charge in [0.05, 0.1) is 17.6 Å². The van der Waals surface area contributed by atoms with Crippen LogP contribution >= 0.6 is 0 Å². The summed E-state index contributed by atoms with van der Waals surface area (Å²) in [4.78, 5) is 102. The maximum Gasteiger partial charge on any atom is 0.255 e. The predicted molar refractivity (Wildman–Crippen MR) is 256 cm³/mol. The number of benzene rings is 2. The van der Waals surface area contributed by atoms with Gasteiger partial charge < -0.3 is 31.9 Å². The van der Waals surface area contributed by atoms with Crippen LogP contribution in [-0.4, -0.2) is 94.2 Å². The highest BCUT2D eigenvalue weighted by Gasteiger charge is 2.31. The number of carbonyl (C=O) groups excluding carboxylic acids is 7. The van der Waals surface area contributed by atoms with Gasteiger partial charge >= 0.3 is 0 Å². The smallest absolute Gasteiger partial charge is 0.255 e. The van der Waals surface area contributed by atoms with Crippen molar-refractivity contribution in [2.75, 3.05) is 31.5 Å². The Balaban J connectivity index is 0.951. The molecular formula is C51H63N9O7. The van der Waals surface area contributed by atoms with Crippen LogP contribution in [0.1, 0.15) is 112 Å². The zero-order valence-electron chi connectivity index (χ0n) is 38.6. The van der Waals surface area contributed by atoms with Crippen molar-refractivity contribution < 1.29 is 33.6 Å². The zero-order chi connectivity index (χ0) is 47.7. The monoisotopic (exact) mass is 913 g/mol. The molecule has 16 heteroatoms. The van der Waals surface area contributed by atoms with Crippen LogP contribution in [0.5, 0.6) is 0 Å². The van der Waals surface area contributed by atoms with Crippen molar-refractivity contribution in [1.29, 1.82) is 0 Å². The van der Waals surface area contributed by atoms with E-state index in [-0.39, 0.29) is 78.9 Å². The Bertz CT molecular complexity index is 2350. The number of hydrogen-bond donors (Lipinski definition) is 5. The van der Waals surface area contributed by atoms with E-state index in [1.54, 1.807) is 36.5 Å². The van der Waals surface area contributed by atoms with Crippen molar-refractivity contribution in [3.05, 3.63) is 107 Å². The summed E-state index contributed by atoms with van der Waals surface area (Å²) in [6, 6.07) is 15.4. The molecule has 2 aromatic carbocycles. The van der Waals surface area contributed by atoms with Gasteiger partial charge in [0.15, 0.2) is 0 Å². The van der Waals surface area contributed by atoms with Crippen LogP contribution in [0.25, 0.3) is 6.08 Å². The molecule has 1 aliphatic carbocycles. The van der Waals surface area contributed by atoms with Crippen LogP contribution < -0.4 is 27.0 Å². The van der Waals surface area contributed by atoms with E-state index < -0.39 is 11.9 Å². The van der Waals surface area contributed by atoms with E-state index in [4.69, 9.17) is 5.73 Å². The Morgan fingerprint density at radius 1 is 0.851 bits per heavy atom. The van der Waals surface area contributed by atoms with Gasteiger partial charge in [0.1, 0.15) is 11.9 Å². The minimum Gasteiger partial charge on any atom is -0.387 e. The summed E-state index contributed by atoms with van der Waals surface area (Å²) in [5.74, 6) is -1.23. The molecule has 0 unspecified atom stereocenters. The lowest BCUT2D eigenvalue weighted by Gasteiger charge is -2.30. The summed E-state index contributed by atoms with van der Waals surface area (Å²) in [7, 11) is 0. The van der Waals surface area contributed by atoms with Crippen LogP contribution in [0.3, 0.4) is 0 Å². The van der Waals surface area contributed by atoms with E-state index in [1.165, 1.54) is 23.2 Å². The summed E-state index contributed by atoms with van der Waals surface area (Å²) in [5, 5.41) is 11.7. The molecule has 2 aliphatic heterocycles. The third-order valence-electron chi connectivity index (χ3n) is 12.2. The zero-order valence-corrected chi connectivity index (χ0v) is 38.6. The van der Waals surface area contributed by atoms with Gasteiger partial charge in [0, 0.05) is 93.0 Å². The molecule has 0 bridgehead atoms. The number of rotatable bonds is 22. The van der Waals surface area contributed by atoms with Crippen molar-refractivity contribution in [3.8, 4) is 0 Å². The lowest BCUT2D eigenvalue weighted by atomic mass is 9.81. The van der Waals surface area contributed by atoms with Crippen LogP contribution in [0.15, 0.2) is 89.7 Å². The van der Waals surface area contributed by atoms with Crippen molar-refractivity contribution in [1.82, 2.24) is 30.7 Å². The first kappa shape index (κ1) is 49.5. The molecule has 7 amide bonds. The molecule has 0 spiro atoms. The number of carbonyl (C=O) groups is 7. The molecule has 1 atom stereocenters. The molecule has 354 valence electrons. The van der Waals surface area contributed by atoms with Crippen LogP contribution in [0.2, 0.25) is 0 Å². The van der Waals surface area contributed by atoms with Gasteiger partial charge in [-0.15, -0.1) is 0 Å². The summed E-state index contributed by atoms with van der Waals surface area (Å²) < 4.78 is 0. The van der Waals surface area contributed by atoms with Crippen LogP contribution in [0.4, 0.5) is 11.4 Å². The molecule has 0 saturated heterocycles. The number of nitrogens with one attached hydrogen (secondary N) is 4. The van der Waals surface area contributed by atoms with Gasteiger partial charge in [-0.3, -0.25) is 43.4 Å². The summed E-state index contributed by atoms with van der Waals surface area (Å²) in [5.41, 5.74) is 10.2. The fraction of sp³-hybridized carbons (Fsp3) is 0.431. The number of unbranched alkanes of at least 4 members (excludes halogenated alkanes) is 2. The summed E-state index contributed by atoms with van der Waals surface area (Å²) in [6.45, 7) is 6.36. The number of amidine groups is 1. The highest BCUT2D eigenvalue weighted by molar-refractivity contribution is 6.13. The maximum absolute atomic E-state index is 13.6. The molecular weight excluding hydrogens is 851 g/mol. The number of fused-ring (bicyclic) bond motifs is 1. The second-order valence-corrected chi connectivity index (χ2v) is 17.5. The van der Waals surface area contributed by atoms with E-state index >= 15 is 0 Å². The highest BCUT2D eigenvalue weighted by atomic mass is 16.2. The lowest BCUT2D eigenvalue weighted by Crippen LogP contribution is -2.47. The quantitative estimate of drug-likeness (QED) is 0.0632. The topological polar surface area (TPSA) is 225 Å². The SMILES string of the molecule is CCCN(CCC)C(=O)C1=Cc2ccc(C(=O)Nc3cncc(CNC(=O)[C@H](Cc4ccccc4)NC(=O)CCCCCNC(=O)C4CCC(CN5C(=O)C=CC5=O)CC4)c3)cc2N=C(N)C1. The van der Waals surface area contributed by atoms with Crippen molar-refractivity contribution in [2.45, 2.75) is 103 Å². The number of anilines is 1. The molecule has 6 rings (SSSR count). The maximum atomic E-state index is 13.6. The first-order chi connectivity index (χ1) is 32.4. The van der Waals surface area contributed by atoms with E-state index in [0.717, 1.165) is 31.2 Å². The second-order valence-electron chi connectivity index (χ2n) is 17.5. The Morgan fingerprint density at radius 2 is 1.58 bits per heavy atom. The van der Waals surface area contributed by atoms with Crippen LogP contribution in [-0.2, 0) is 41.7 Å². The molecule has 1 aromatic heterocycles. The third-order valence-corrected chi connectivity index (χ3v) is 12.2. The number of nitrogens with two attached hydrogens (primary N) is 1. The van der Waals surface area contributed by atoms with E-state index in [2.05, 4.69) is 31.2 Å². The van der Waals surface area contributed by atoms with E-state index in [1.807, 2.05) is 49.1 Å². The summed E-state index contributed by atoms with van der Waals surface area (Å²) in [6.07, 6.45) is 14.9. The van der Waals surface area contributed by atoms with Crippen molar-refractivity contribution >= 4 is 64.6 Å². The van der Waals surface area contributed by atoms with Crippen LogP contribution in [0, 0.1) is 11.8 Å². The standard InChI is InChI=1S/C51H63N9O7/c1-3-23-59(24-4-2)51(67)40-27-38-18-19-39(28-42(38)57-44(52)29-40)49(65)56-41-25-36(30-53-32-41)31-55-50(66)43(26-34-11-7-5-8-12-34)58-45(61)13-9-6-10-22-54-48(64)37-16-14-35(15-17-37)33-60-46(62)20-21-47(60)63/h5,7-8,11-12,18-21,25,27-28,30,32,35,37,43H,3-4,6,9-10,13-17,22-24,26,29,31,33H2,1-2H3,(H2,52,57)(H,54,64)(H,55,66)(H,56,65)(H,58,61)/t35?,37?,43-/m0/s1. The molecule has 3 heterocycles. The minimum atomic E-state index is -0.839. The first-order valence-electron chi connectivity index (χ1n) is 23.5. The Kier molecular flexibility index (Phi) is 18.1. The number of aromatic nitrogens is 1. The minimum absolute atomic E-state index is 0.0141. The molecule has 1 fully saturated rings. The van der Waals surface area contributed by atoms with E-state index in [0.29, 0.717) is 91.9 Å². The van der Waals surface area contributed by atoms with Crippen molar-refractivity contribution in [3.63, 3.8) is 0 Å². The first-order valence-corrected chi connectivity index (χ1v) is 23.5. The molecule has 3 aliphatic rings. The Labute approximate surface area is 392 Å². The number of hydrogen-bond acceptors (Lipinski definition) is 10. The van der Waals surface area contributed by atoms with Gasteiger partial charge in [0.25, 0.3) is 17.7 Å². The number of nitrogens with zero attached hydrogens (tertiary/aromatic N) is 4. The average molecular weight is 914 g/mol. The number of aliphatic imine (C=N–C) groups is 1. The second kappa shape index (κ2) is 24.5. The van der Waals surface area contributed by atoms with Crippen molar-refractivity contribution in [2.24, 2.45) is 22.6 Å². The summed E-state index contributed by atoms with van der Waals surface area (Å²) >= 11 is 0. The highest BCUT2D eigenvalue weighted by Crippen LogP contribution is 2.31. The lowest BCUT2D eigenvalue weighted by molar-refractivity contribution is -0.138. The van der Waals surface area contributed by atoms with Gasteiger partial charge in [-0.1, -0.05) is 56.7 Å². The van der Waals surface area contributed by atoms with E-state index in [9.17, 15) is 33.6 Å². The molecule has 67 heavy (non-hydrogen) atoms. The largest absolute Gasteiger partial charge is 0.387 e. The molecule has 1 saturated carbocycles. The number of imide groups is 1. The third kappa shape index (κ3) is 14.5. The van der Waals surface area contributed by atoms with Gasteiger partial charge in [-0.25, -0.2) is 4.99 Å². The van der Waals surface area contributed by atoms with Gasteiger partial charge in [-0.2, -0.15) is 0 Å². The molecule has 16 nitrogen and oxygen atoms in total. The predicted octanol–water partition coefficient (Wildman–Crippen LogP) is 5.51. The normalized spacial score (nSPS) is 17.1. The fourth-order valence-corrected chi connectivity index (χ4v) is 8.64. The molecule has 3 aromatic rings. The van der Waals surface area contributed by atoms with Gasteiger partial charge in [0.2, 0.25) is 23.6 Å². The molecule has 0 radical (unpaired) electrons. The number of amides is 7.